The van der Waals surface area contributed by atoms with E-state index < -0.39 is 0 Å². The second-order valence-corrected chi connectivity index (χ2v) is 7.12. The summed E-state index contributed by atoms with van der Waals surface area (Å²) in [5.74, 6) is 0.223. The van der Waals surface area contributed by atoms with Crippen molar-refractivity contribution in [1.82, 2.24) is 5.32 Å². The number of benzene rings is 2. The Morgan fingerprint density at radius 2 is 1.44 bits per heavy atom. The summed E-state index contributed by atoms with van der Waals surface area (Å²) in [5.41, 5.74) is 2.55. The molecule has 0 spiro atoms. The molecule has 0 saturated carbocycles. The third-order valence-electron chi connectivity index (χ3n) is 4.53. The molecule has 2 aromatic carbocycles. The van der Waals surface area contributed by atoms with Gasteiger partial charge in [-0.25, -0.2) is 0 Å². The second kappa shape index (κ2) is 11.4. The molecule has 32 heavy (non-hydrogen) atoms. The summed E-state index contributed by atoms with van der Waals surface area (Å²) in [6.45, 7) is 2.33. The zero-order valence-corrected chi connectivity index (χ0v) is 17.8. The maximum atomic E-state index is 12.2. The predicted molar refractivity (Wildman–Crippen MR) is 123 cm³/mol. The third kappa shape index (κ3) is 7.02. The molecule has 0 bridgehead atoms. The van der Waals surface area contributed by atoms with Gasteiger partial charge in [-0.15, -0.1) is 0 Å². The van der Waals surface area contributed by atoms with Crippen LogP contribution >= 0.6 is 0 Å². The largest absolute Gasteiger partial charge is 0.467 e. The molecule has 0 fully saturated rings. The van der Waals surface area contributed by atoms with E-state index in [1.54, 1.807) is 66.9 Å². The van der Waals surface area contributed by atoms with Crippen molar-refractivity contribution in [2.75, 3.05) is 22.5 Å². The number of carbonyl (C=O) groups is 3. The van der Waals surface area contributed by atoms with Crippen molar-refractivity contribution in [2.24, 2.45) is 0 Å². The van der Waals surface area contributed by atoms with Gasteiger partial charge in [-0.05, 0) is 67.1 Å². The van der Waals surface area contributed by atoms with Gasteiger partial charge in [0, 0.05) is 29.0 Å². The quantitative estimate of drug-likeness (QED) is 0.385. The fraction of sp³-hybridized carbons (Fsp3) is 0.208. The van der Waals surface area contributed by atoms with Crippen molar-refractivity contribution in [2.45, 2.75) is 26.3 Å². The smallest absolute Gasteiger partial charge is 0.251 e. The van der Waals surface area contributed by atoms with E-state index in [-0.39, 0.29) is 24.3 Å². The van der Waals surface area contributed by atoms with Crippen LogP contribution in [-0.2, 0) is 16.1 Å². The molecular formula is C24H26N4O4. The first-order chi connectivity index (χ1) is 15.5. The topological polar surface area (TPSA) is 112 Å². The summed E-state index contributed by atoms with van der Waals surface area (Å²) >= 11 is 0. The Hall–Kier alpha value is -4.07. The normalized spacial score (nSPS) is 10.3. The van der Waals surface area contributed by atoms with Crippen LogP contribution in [0.15, 0.2) is 71.3 Å². The average Bonchev–Trinajstić information content (AvgIpc) is 3.32. The van der Waals surface area contributed by atoms with Gasteiger partial charge in [0.1, 0.15) is 5.76 Å². The van der Waals surface area contributed by atoms with Crippen molar-refractivity contribution >= 4 is 34.8 Å². The summed E-state index contributed by atoms with van der Waals surface area (Å²) in [5, 5.41) is 11.4. The third-order valence-corrected chi connectivity index (χ3v) is 4.53. The van der Waals surface area contributed by atoms with Crippen molar-refractivity contribution in [3.05, 3.63) is 78.3 Å². The van der Waals surface area contributed by atoms with Gasteiger partial charge in [0.15, 0.2) is 0 Å². The minimum Gasteiger partial charge on any atom is -0.467 e. The highest BCUT2D eigenvalue weighted by Crippen LogP contribution is 2.14. The molecule has 3 amide bonds. The number of carbonyl (C=O) groups excluding carboxylic acids is 3. The summed E-state index contributed by atoms with van der Waals surface area (Å²) in [7, 11) is 0. The zero-order chi connectivity index (χ0) is 22.8. The number of rotatable bonds is 10. The number of furan rings is 1. The molecule has 4 N–H and O–H groups in total. The molecule has 166 valence electrons. The van der Waals surface area contributed by atoms with Crippen LogP contribution in [0.3, 0.4) is 0 Å². The van der Waals surface area contributed by atoms with Gasteiger partial charge in [0.25, 0.3) is 5.91 Å². The van der Waals surface area contributed by atoms with Crippen LogP contribution in [-0.4, -0.2) is 24.3 Å². The highest BCUT2D eigenvalue weighted by atomic mass is 16.3. The van der Waals surface area contributed by atoms with Crippen LogP contribution in [0.5, 0.6) is 0 Å². The van der Waals surface area contributed by atoms with E-state index in [9.17, 15) is 14.4 Å². The SMILES string of the molecule is CCCC(=O)Nc1ccc(NC(=O)CNc2ccc(C(=O)NCc3ccco3)cc2)cc1. The van der Waals surface area contributed by atoms with E-state index >= 15 is 0 Å². The molecule has 0 unspecified atom stereocenters. The Bertz CT molecular complexity index is 1030. The predicted octanol–water partition coefficient (Wildman–Crippen LogP) is 4.00. The number of amides is 3. The van der Waals surface area contributed by atoms with Crippen LogP contribution in [0.1, 0.15) is 35.9 Å². The van der Waals surface area contributed by atoms with E-state index in [0.717, 1.165) is 12.1 Å². The molecule has 0 atom stereocenters. The van der Waals surface area contributed by atoms with Crippen LogP contribution in [0.2, 0.25) is 0 Å². The molecule has 0 aliphatic heterocycles. The fourth-order valence-corrected chi connectivity index (χ4v) is 2.90. The second-order valence-electron chi connectivity index (χ2n) is 7.12. The molecule has 0 radical (unpaired) electrons. The summed E-state index contributed by atoms with van der Waals surface area (Å²) in [6.07, 6.45) is 2.82. The van der Waals surface area contributed by atoms with Gasteiger partial charge < -0.3 is 25.7 Å². The first-order valence-electron chi connectivity index (χ1n) is 10.4. The molecule has 3 rings (SSSR count). The molecule has 0 aliphatic rings. The molecular weight excluding hydrogens is 408 g/mol. The minimum absolute atomic E-state index is 0.0329. The molecule has 0 aliphatic carbocycles. The van der Waals surface area contributed by atoms with Crippen LogP contribution in [0.4, 0.5) is 17.1 Å². The van der Waals surface area contributed by atoms with Gasteiger partial charge in [-0.2, -0.15) is 0 Å². The monoisotopic (exact) mass is 434 g/mol. The lowest BCUT2D eigenvalue weighted by molar-refractivity contribution is -0.116. The fourth-order valence-electron chi connectivity index (χ4n) is 2.90. The Morgan fingerprint density at radius 1 is 0.812 bits per heavy atom. The van der Waals surface area contributed by atoms with E-state index in [1.807, 2.05) is 6.92 Å². The lowest BCUT2D eigenvalue weighted by Gasteiger charge is -2.10. The average molecular weight is 434 g/mol. The van der Waals surface area contributed by atoms with Crippen molar-refractivity contribution in [3.63, 3.8) is 0 Å². The summed E-state index contributed by atoms with van der Waals surface area (Å²) in [6, 6.07) is 17.3. The lowest BCUT2D eigenvalue weighted by Crippen LogP contribution is -2.23. The summed E-state index contributed by atoms with van der Waals surface area (Å²) in [4.78, 5) is 36.0. The van der Waals surface area contributed by atoms with Crippen molar-refractivity contribution in [3.8, 4) is 0 Å². The van der Waals surface area contributed by atoms with Crippen LogP contribution < -0.4 is 21.3 Å². The van der Waals surface area contributed by atoms with Gasteiger partial charge in [-0.1, -0.05) is 6.92 Å². The van der Waals surface area contributed by atoms with E-state index in [2.05, 4.69) is 21.3 Å². The maximum absolute atomic E-state index is 12.2. The van der Waals surface area contributed by atoms with Gasteiger partial charge in [-0.3, -0.25) is 14.4 Å². The molecule has 8 nitrogen and oxygen atoms in total. The van der Waals surface area contributed by atoms with Crippen LogP contribution in [0, 0.1) is 0 Å². The van der Waals surface area contributed by atoms with E-state index in [0.29, 0.717) is 35.7 Å². The lowest BCUT2D eigenvalue weighted by atomic mass is 10.2. The Morgan fingerprint density at radius 3 is 2.03 bits per heavy atom. The zero-order valence-electron chi connectivity index (χ0n) is 17.8. The summed E-state index contributed by atoms with van der Waals surface area (Å²) < 4.78 is 5.19. The van der Waals surface area contributed by atoms with Crippen LogP contribution in [0.25, 0.3) is 0 Å². The van der Waals surface area contributed by atoms with Crippen molar-refractivity contribution in [1.29, 1.82) is 0 Å². The molecule has 1 heterocycles. The van der Waals surface area contributed by atoms with Crippen molar-refractivity contribution < 1.29 is 18.8 Å². The minimum atomic E-state index is -0.215. The standard InChI is InChI=1S/C24H26N4O4/c1-2-4-22(29)27-19-10-12-20(13-11-19)28-23(30)16-25-18-8-6-17(7-9-18)24(31)26-15-21-5-3-14-32-21/h3,5-14,25H,2,4,15-16H2,1H3,(H,26,31)(H,27,29)(H,28,30). The number of hydrogen-bond donors (Lipinski definition) is 4. The Labute approximate surface area is 186 Å². The number of nitrogens with one attached hydrogen (secondary N) is 4. The number of anilines is 3. The molecule has 1 aromatic heterocycles. The first kappa shape index (κ1) is 22.6. The van der Waals surface area contributed by atoms with Gasteiger partial charge in [0.05, 0.1) is 19.4 Å². The maximum Gasteiger partial charge on any atom is 0.251 e. The molecule has 8 heteroatoms. The van der Waals surface area contributed by atoms with E-state index in [1.165, 1.54) is 0 Å². The number of hydrogen-bond acceptors (Lipinski definition) is 5. The molecule has 0 saturated heterocycles. The van der Waals surface area contributed by atoms with Gasteiger partial charge >= 0.3 is 0 Å². The van der Waals surface area contributed by atoms with E-state index in [4.69, 9.17) is 4.42 Å². The first-order valence-corrected chi connectivity index (χ1v) is 10.4. The Balaban J connectivity index is 1.42. The highest BCUT2D eigenvalue weighted by molar-refractivity contribution is 5.96. The van der Waals surface area contributed by atoms with Gasteiger partial charge in [0.2, 0.25) is 11.8 Å². The molecule has 3 aromatic rings. The Kier molecular flexibility index (Phi) is 8.02. The highest BCUT2D eigenvalue weighted by Gasteiger charge is 2.07.